The molecule has 0 bridgehead atoms. The summed E-state index contributed by atoms with van der Waals surface area (Å²) in [5.74, 6) is 0.414. The number of nitrogens with zero attached hydrogens (tertiary/aromatic N) is 1. The molecule has 0 atom stereocenters. The van der Waals surface area contributed by atoms with Crippen LogP contribution in [0.3, 0.4) is 0 Å². The summed E-state index contributed by atoms with van der Waals surface area (Å²) >= 11 is 6.03. The second-order valence-corrected chi connectivity index (χ2v) is 5.34. The van der Waals surface area contributed by atoms with Gasteiger partial charge in [0.25, 0.3) is 5.91 Å². The third-order valence-electron chi connectivity index (χ3n) is 3.35. The van der Waals surface area contributed by atoms with E-state index in [-0.39, 0.29) is 11.4 Å². The summed E-state index contributed by atoms with van der Waals surface area (Å²) in [7, 11) is 1.73. The number of nitrogens with one attached hydrogen (secondary N) is 2. The van der Waals surface area contributed by atoms with E-state index in [0.717, 1.165) is 12.8 Å². The van der Waals surface area contributed by atoms with Crippen molar-refractivity contribution in [2.45, 2.75) is 25.3 Å². The summed E-state index contributed by atoms with van der Waals surface area (Å²) in [6.45, 7) is 3.38. The van der Waals surface area contributed by atoms with E-state index in [9.17, 15) is 4.79 Å². The molecule has 0 radical (unpaired) electrons. The van der Waals surface area contributed by atoms with Gasteiger partial charge in [-0.25, -0.2) is 4.98 Å². The highest BCUT2D eigenvalue weighted by Crippen LogP contribution is 2.22. The van der Waals surface area contributed by atoms with E-state index in [1.165, 1.54) is 6.20 Å². The van der Waals surface area contributed by atoms with Crippen LogP contribution in [0.4, 0.5) is 5.82 Å². The Balaban J connectivity index is 2.09. The predicted molar refractivity (Wildman–Crippen MR) is 74.7 cm³/mol. The molecule has 19 heavy (non-hydrogen) atoms. The first-order chi connectivity index (χ1) is 9.04. The minimum absolute atomic E-state index is 0.151. The fourth-order valence-electron chi connectivity index (χ4n) is 2.04. The van der Waals surface area contributed by atoms with Crippen molar-refractivity contribution >= 4 is 23.3 Å². The molecule has 2 rings (SSSR count). The van der Waals surface area contributed by atoms with Gasteiger partial charge in [-0.3, -0.25) is 4.79 Å². The highest BCUT2D eigenvalue weighted by atomic mass is 35.5. The Bertz CT molecular complexity index is 473. The maximum Gasteiger partial charge on any atom is 0.253 e. The molecule has 1 amide bonds. The molecule has 104 valence electrons. The smallest absolute Gasteiger partial charge is 0.253 e. The van der Waals surface area contributed by atoms with Crippen LogP contribution in [0.15, 0.2) is 12.3 Å². The number of rotatable bonds is 3. The topological polar surface area (TPSA) is 63.2 Å². The second-order valence-electron chi connectivity index (χ2n) is 4.93. The molecular weight excluding hydrogens is 266 g/mol. The van der Waals surface area contributed by atoms with Gasteiger partial charge >= 0.3 is 0 Å². The highest BCUT2D eigenvalue weighted by Gasteiger charge is 2.29. The fraction of sp³-hybridized carbons (Fsp3) is 0.538. The summed E-state index contributed by atoms with van der Waals surface area (Å²) in [6.07, 6.45) is 3.15. The van der Waals surface area contributed by atoms with Gasteiger partial charge in [0, 0.05) is 32.0 Å². The number of pyridine rings is 1. The van der Waals surface area contributed by atoms with Gasteiger partial charge in [0.2, 0.25) is 0 Å². The third kappa shape index (κ3) is 3.36. The lowest BCUT2D eigenvalue weighted by molar-refractivity contribution is 0.0423. The number of aromatic nitrogens is 1. The fourth-order valence-corrected chi connectivity index (χ4v) is 2.30. The van der Waals surface area contributed by atoms with E-state index in [2.05, 4.69) is 15.6 Å². The molecule has 0 aliphatic carbocycles. The molecule has 0 aromatic carbocycles. The summed E-state index contributed by atoms with van der Waals surface area (Å²) in [4.78, 5) is 16.3. The molecule has 1 fully saturated rings. The number of halogens is 1. The van der Waals surface area contributed by atoms with E-state index in [4.69, 9.17) is 16.3 Å². The van der Waals surface area contributed by atoms with Gasteiger partial charge in [0.05, 0.1) is 10.6 Å². The Morgan fingerprint density at radius 2 is 2.16 bits per heavy atom. The Morgan fingerprint density at radius 1 is 1.47 bits per heavy atom. The van der Waals surface area contributed by atoms with Gasteiger partial charge in [0.15, 0.2) is 0 Å². The molecule has 1 aromatic rings. The quantitative estimate of drug-likeness (QED) is 0.891. The lowest BCUT2D eigenvalue weighted by Crippen LogP contribution is -2.49. The summed E-state index contributed by atoms with van der Waals surface area (Å²) < 4.78 is 5.31. The summed E-state index contributed by atoms with van der Waals surface area (Å²) in [5, 5.41) is 6.33. The van der Waals surface area contributed by atoms with Crippen LogP contribution in [-0.2, 0) is 4.74 Å². The minimum atomic E-state index is -0.219. The molecule has 0 saturated carbocycles. The van der Waals surface area contributed by atoms with Crippen LogP contribution in [0.1, 0.15) is 30.1 Å². The highest BCUT2D eigenvalue weighted by molar-refractivity contribution is 6.33. The van der Waals surface area contributed by atoms with Crippen molar-refractivity contribution in [3.8, 4) is 0 Å². The van der Waals surface area contributed by atoms with E-state index in [1.54, 1.807) is 13.1 Å². The van der Waals surface area contributed by atoms with Gasteiger partial charge in [-0.05, 0) is 25.8 Å². The summed E-state index contributed by atoms with van der Waals surface area (Å²) in [6, 6.07) is 1.62. The average molecular weight is 284 g/mol. The largest absolute Gasteiger partial charge is 0.381 e. The van der Waals surface area contributed by atoms with Crippen molar-refractivity contribution in [1.82, 2.24) is 10.3 Å². The molecule has 1 aromatic heterocycles. The number of carbonyl (C=O) groups is 1. The predicted octanol–water partition coefficient (Wildman–Crippen LogP) is 2.08. The van der Waals surface area contributed by atoms with Crippen molar-refractivity contribution in [1.29, 1.82) is 0 Å². The lowest BCUT2D eigenvalue weighted by atomic mass is 9.92. The molecule has 1 aliphatic rings. The number of hydrogen-bond acceptors (Lipinski definition) is 4. The maximum atomic E-state index is 12.2. The van der Waals surface area contributed by atoms with Crippen LogP contribution in [0.5, 0.6) is 0 Å². The molecule has 0 spiro atoms. The van der Waals surface area contributed by atoms with Gasteiger partial charge in [-0.15, -0.1) is 0 Å². The van der Waals surface area contributed by atoms with Gasteiger partial charge < -0.3 is 15.4 Å². The number of hydrogen-bond donors (Lipinski definition) is 2. The van der Waals surface area contributed by atoms with E-state index >= 15 is 0 Å². The van der Waals surface area contributed by atoms with Crippen LogP contribution in [0, 0.1) is 0 Å². The Kier molecular flexibility index (Phi) is 4.27. The van der Waals surface area contributed by atoms with Gasteiger partial charge in [-0.2, -0.15) is 0 Å². The van der Waals surface area contributed by atoms with Crippen LogP contribution in [-0.4, -0.2) is 36.7 Å². The molecule has 1 aliphatic heterocycles. The lowest BCUT2D eigenvalue weighted by Gasteiger charge is -2.34. The van der Waals surface area contributed by atoms with Gasteiger partial charge in [0.1, 0.15) is 5.82 Å². The van der Waals surface area contributed by atoms with Crippen LogP contribution >= 0.6 is 11.6 Å². The molecular formula is C13H18ClN3O2. The van der Waals surface area contributed by atoms with E-state index in [1.807, 2.05) is 6.92 Å². The maximum absolute atomic E-state index is 12.2. The Labute approximate surface area is 117 Å². The van der Waals surface area contributed by atoms with Crippen LogP contribution in [0.2, 0.25) is 5.02 Å². The first-order valence-electron chi connectivity index (χ1n) is 6.28. The standard InChI is InChI=1S/C13H18ClN3O2/c1-13(3-5-19-6-4-13)17-12(18)9-7-10(14)11(15-2)16-8-9/h7-8H,3-6H2,1-2H3,(H,15,16)(H,17,18). The average Bonchev–Trinajstić information content (AvgIpc) is 2.39. The molecule has 5 nitrogen and oxygen atoms in total. The molecule has 2 heterocycles. The van der Waals surface area contributed by atoms with Crippen molar-refractivity contribution in [3.63, 3.8) is 0 Å². The van der Waals surface area contributed by atoms with Crippen molar-refractivity contribution in [2.75, 3.05) is 25.6 Å². The minimum Gasteiger partial charge on any atom is -0.381 e. The molecule has 2 N–H and O–H groups in total. The molecule has 0 unspecified atom stereocenters. The third-order valence-corrected chi connectivity index (χ3v) is 3.64. The number of ether oxygens (including phenoxy) is 1. The van der Waals surface area contributed by atoms with E-state index in [0.29, 0.717) is 29.6 Å². The Hall–Kier alpha value is -1.33. The van der Waals surface area contributed by atoms with Crippen molar-refractivity contribution in [3.05, 3.63) is 22.8 Å². The number of anilines is 1. The zero-order valence-electron chi connectivity index (χ0n) is 11.1. The Morgan fingerprint density at radius 3 is 2.74 bits per heavy atom. The molecule has 1 saturated heterocycles. The van der Waals surface area contributed by atoms with E-state index < -0.39 is 0 Å². The first-order valence-corrected chi connectivity index (χ1v) is 6.65. The second kappa shape index (κ2) is 5.75. The number of amides is 1. The van der Waals surface area contributed by atoms with Crippen molar-refractivity contribution in [2.24, 2.45) is 0 Å². The zero-order chi connectivity index (χ0) is 13.9. The summed E-state index contributed by atoms with van der Waals surface area (Å²) in [5.41, 5.74) is 0.250. The zero-order valence-corrected chi connectivity index (χ0v) is 11.9. The normalized spacial score (nSPS) is 17.8. The monoisotopic (exact) mass is 283 g/mol. The molecule has 6 heteroatoms. The van der Waals surface area contributed by atoms with Crippen LogP contribution in [0.25, 0.3) is 0 Å². The van der Waals surface area contributed by atoms with Crippen molar-refractivity contribution < 1.29 is 9.53 Å². The number of carbonyl (C=O) groups excluding carboxylic acids is 1. The van der Waals surface area contributed by atoms with Crippen LogP contribution < -0.4 is 10.6 Å². The first kappa shape index (κ1) is 14.1. The van der Waals surface area contributed by atoms with Gasteiger partial charge in [-0.1, -0.05) is 11.6 Å². The SMILES string of the molecule is CNc1ncc(C(=O)NC2(C)CCOCC2)cc1Cl.